The number of carbonyl (C=O) groups is 2. The Balaban J connectivity index is 1.33. The van der Waals surface area contributed by atoms with Gasteiger partial charge < -0.3 is 128 Å². The van der Waals surface area contributed by atoms with Gasteiger partial charge in [0, 0.05) is 42.7 Å². The molecular weight excluding hydrogens is 878 g/mol. The zero-order chi connectivity index (χ0) is 47.3. The number of nitrogens with two attached hydrogens (primary N) is 1. The SMILES string of the molecule is COC1C(OC)[C@H](O[C@H]2O[C@@H](CO)[C@@H](O[C@@H]3OC(C(=O)O)[C@@H](O[C@H]4OC(CO)[C@@H](OC)[C@H](OC)C4N)[C@H](OC)C3OC)C(O)C2O)[C@H](C(=O)O)O[C@H]1O[C@@H]1C(CO)O[C@H](O)C(O)[C@H]1O. The number of hydrogen-bond donors (Lipinski definition) is 11. The van der Waals surface area contributed by atoms with Gasteiger partial charge in [-0.2, -0.15) is 0 Å². The first-order chi connectivity index (χ1) is 30.5. The maximum atomic E-state index is 12.7. The van der Waals surface area contributed by atoms with E-state index in [0.717, 1.165) is 14.2 Å². The molecule has 0 aromatic carbocycles. The Bertz CT molecular complexity index is 1470. The number of aliphatic carboxylic acids is 2. The summed E-state index contributed by atoms with van der Waals surface area (Å²) in [6.07, 6.45) is -38.7. The third kappa shape index (κ3) is 10.6. The lowest BCUT2D eigenvalue weighted by Crippen LogP contribution is -2.69. The summed E-state index contributed by atoms with van der Waals surface area (Å²) in [6.45, 7) is -2.32. The molecule has 372 valence electrons. The molecular formula is C36H61NO27. The first-order valence-corrected chi connectivity index (χ1v) is 20.0. The molecule has 0 aromatic heterocycles. The van der Waals surface area contributed by atoms with Crippen molar-refractivity contribution in [1.82, 2.24) is 0 Å². The Morgan fingerprint density at radius 2 is 0.781 bits per heavy atom. The Morgan fingerprint density at radius 3 is 1.19 bits per heavy atom. The molecule has 25 atom stereocenters. The molecule has 5 aliphatic heterocycles. The van der Waals surface area contributed by atoms with E-state index in [-0.39, 0.29) is 0 Å². The van der Waals surface area contributed by atoms with Gasteiger partial charge in [-0.15, -0.1) is 0 Å². The van der Waals surface area contributed by atoms with Gasteiger partial charge in [-0.3, -0.25) is 0 Å². The summed E-state index contributed by atoms with van der Waals surface area (Å²) >= 11 is 0. The summed E-state index contributed by atoms with van der Waals surface area (Å²) in [5.41, 5.74) is 6.39. The van der Waals surface area contributed by atoms with Crippen molar-refractivity contribution in [3.63, 3.8) is 0 Å². The fourth-order valence-electron chi connectivity index (χ4n) is 8.53. The van der Waals surface area contributed by atoms with Gasteiger partial charge in [0.15, 0.2) is 43.7 Å². The third-order valence-corrected chi connectivity index (χ3v) is 11.8. The minimum absolute atomic E-state index is 0.548. The molecule has 5 saturated heterocycles. The molecule has 0 radical (unpaired) electrons. The van der Waals surface area contributed by atoms with Gasteiger partial charge in [-0.1, -0.05) is 0 Å². The van der Waals surface area contributed by atoms with Crippen molar-refractivity contribution >= 4 is 11.9 Å². The summed E-state index contributed by atoms with van der Waals surface area (Å²) in [7, 11) is 7.40. The number of carboxylic acid groups (broad SMARTS) is 2. The number of methoxy groups -OCH3 is 6. The highest BCUT2D eigenvalue weighted by Gasteiger charge is 2.59. The molecule has 5 aliphatic rings. The summed E-state index contributed by atoms with van der Waals surface area (Å²) in [4.78, 5) is 25.4. The van der Waals surface area contributed by atoms with Crippen molar-refractivity contribution in [2.75, 3.05) is 62.5 Å². The maximum absolute atomic E-state index is 12.7. The molecule has 5 rings (SSSR count). The number of ether oxygens (including phenoxy) is 15. The molecule has 0 aliphatic carbocycles. The lowest BCUT2D eigenvalue weighted by Gasteiger charge is -2.50. The van der Waals surface area contributed by atoms with E-state index in [9.17, 15) is 60.7 Å². The second-order valence-corrected chi connectivity index (χ2v) is 15.4. The van der Waals surface area contributed by atoms with E-state index in [1.807, 2.05) is 0 Å². The monoisotopic (exact) mass is 939 g/mol. The lowest BCUT2D eigenvalue weighted by atomic mass is 9.94. The number of rotatable bonds is 19. The Morgan fingerprint density at radius 1 is 0.422 bits per heavy atom. The van der Waals surface area contributed by atoms with Gasteiger partial charge in [-0.05, 0) is 0 Å². The average molecular weight is 940 g/mol. The second-order valence-electron chi connectivity index (χ2n) is 15.4. The molecule has 64 heavy (non-hydrogen) atoms. The van der Waals surface area contributed by atoms with Crippen molar-refractivity contribution in [3.05, 3.63) is 0 Å². The van der Waals surface area contributed by atoms with E-state index in [2.05, 4.69) is 0 Å². The van der Waals surface area contributed by atoms with E-state index < -0.39 is 185 Å². The number of aliphatic hydroxyl groups excluding tert-OH is 8. The predicted molar refractivity (Wildman–Crippen MR) is 198 cm³/mol. The van der Waals surface area contributed by atoms with Crippen molar-refractivity contribution in [2.45, 2.75) is 153 Å². The van der Waals surface area contributed by atoms with Crippen molar-refractivity contribution in [3.8, 4) is 0 Å². The van der Waals surface area contributed by atoms with E-state index >= 15 is 0 Å². The molecule has 28 heteroatoms. The van der Waals surface area contributed by atoms with E-state index in [1.54, 1.807) is 0 Å². The van der Waals surface area contributed by atoms with E-state index in [1.165, 1.54) is 28.4 Å². The molecule has 10 unspecified atom stereocenters. The van der Waals surface area contributed by atoms with Gasteiger partial charge in [0.2, 0.25) is 0 Å². The number of hydrogen-bond acceptors (Lipinski definition) is 26. The van der Waals surface area contributed by atoms with Crippen LogP contribution in [0.2, 0.25) is 0 Å². The normalized spacial score (nSPS) is 47.9. The van der Waals surface area contributed by atoms with Crippen molar-refractivity contribution in [2.24, 2.45) is 5.73 Å². The number of aliphatic hydroxyl groups is 8. The minimum atomic E-state index is -2.11. The zero-order valence-electron chi connectivity index (χ0n) is 35.5. The largest absolute Gasteiger partial charge is 0.479 e. The smallest absolute Gasteiger partial charge is 0.335 e. The standard InChI is InChI=1S/C36H61NO27/c1-50-20-12(9-40)57-33(13(37)21(20)51-2)61-24-22(52-3)28(54-5)36(63-26(24)30(45)46)60-19-11(8-39)58-34(17(44)15(19)42)62-25-23(53-4)29(55-6)35(64-27(25)31(47)48)59-18-10(7-38)56-32(49)16(43)14(18)41/h10-29,32-36,38-44,49H,7-9,37H2,1-6H3,(H,45,46)(H,47,48)/t10?,11-,12?,13?,14+,15?,16?,17?,18+,19+,20+,21+,22-,23?,24-,25-,26?,27+,28?,29?,32-,33+,34+,35+,36+/m0/s1. The van der Waals surface area contributed by atoms with Crippen molar-refractivity contribution < 1.29 is 132 Å². The summed E-state index contributed by atoms with van der Waals surface area (Å²) in [6, 6.07) is -1.09. The van der Waals surface area contributed by atoms with Crippen LogP contribution in [0.3, 0.4) is 0 Å². The van der Waals surface area contributed by atoms with Gasteiger partial charge in [-0.25, -0.2) is 9.59 Å². The third-order valence-electron chi connectivity index (χ3n) is 11.8. The topological polar surface area (TPSA) is 401 Å². The van der Waals surface area contributed by atoms with Crippen LogP contribution in [-0.4, -0.2) is 279 Å². The summed E-state index contributed by atoms with van der Waals surface area (Å²) in [5.74, 6) is -3.27. The van der Waals surface area contributed by atoms with Gasteiger partial charge in [0.05, 0.1) is 25.9 Å². The highest BCUT2D eigenvalue weighted by atomic mass is 16.8. The summed E-state index contributed by atoms with van der Waals surface area (Å²) in [5, 5.41) is 105. The molecule has 0 amide bonds. The van der Waals surface area contributed by atoms with Crippen LogP contribution in [0.1, 0.15) is 0 Å². The van der Waals surface area contributed by atoms with Crippen LogP contribution in [-0.2, 0) is 80.6 Å². The predicted octanol–water partition coefficient (Wildman–Crippen LogP) is -7.85. The van der Waals surface area contributed by atoms with Crippen molar-refractivity contribution in [1.29, 1.82) is 0 Å². The molecule has 5 heterocycles. The molecule has 0 bridgehead atoms. The molecule has 0 spiro atoms. The van der Waals surface area contributed by atoms with E-state index in [0.29, 0.717) is 0 Å². The van der Waals surface area contributed by atoms with Crippen LogP contribution in [0.4, 0.5) is 0 Å². The van der Waals surface area contributed by atoms with Gasteiger partial charge >= 0.3 is 11.9 Å². The first-order valence-electron chi connectivity index (χ1n) is 20.0. The van der Waals surface area contributed by atoms with E-state index in [4.69, 9.17) is 76.8 Å². The van der Waals surface area contributed by atoms with Crippen LogP contribution in [0.25, 0.3) is 0 Å². The molecule has 0 saturated carbocycles. The Hall–Kier alpha value is -2.02. The first kappa shape index (κ1) is 52.9. The van der Waals surface area contributed by atoms with Crippen LogP contribution in [0.5, 0.6) is 0 Å². The summed E-state index contributed by atoms with van der Waals surface area (Å²) < 4.78 is 85.3. The molecule has 0 aromatic rings. The molecule has 12 N–H and O–H groups in total. The number of carboxylic acids is 2. The lowest BCUT2D eigenvalue weighted by molar-refractivity contribution is -0.389. The minimum Gasteiger partial charge on any atom is -0.479 e. The van der Waals surface area contributed by atoms with Gasteiger partial charge in [0.25, 0.3) is 0 Å². The quantitative estimate of drug-likeness (QED) is 0.0573. The maximum Gasteiger partial charge on any atom is 0.335 e. The molecule has 5 fully saturated rings. The fraction of sp³-hybridized carbons (Fsp3) is 0.944. The van der Waals surface area contributed by atoms with Crippen LogP contribution < -0.4 is 5.73 Å². The van der Waals surface area contributed by atoms with Crippen LogP contribution in [0.15, 0.2) is 0 Å². The zero-order valence-corrected chi connectivity index (χ0v) is 35.5. The fourth-order valence-corrected chi connectivity index (χ4v) is 8.53. The highest BCUT2D eigenvalue weighted by Crippen LogP contribution is 2.38. The average Bonchev–Trinajstić information content (AvgIpc) is 3.28. The van der Waals surface area contributed by atoms with Crippen LogP contribution in [0, 0.1) is 0 Å². The van der Waals surface area contributed by atoms with Crippen LogP contribution >= 0.6 is 0 Å². The van der Waals surface area contributed by atoms with Gasteiger partial charge in [0.1, 0.15) is 104 Å². The molecule has 28 nitrogen and oxygen atoms in total. The Kier molecular flexibility index (Phi) is 19.3. The second kappa shape index (κ2) is 23.3. The Labute approximate surface area is 365 Å². The highest BCUT2D eigenvalue weighted by molar-refractivity contribution is 5.74.